The normalized spacial score (nSPS) is 18.4. The molecule has 0 heterocycles. The summed E-state index contributed by atoms with van der Waals surface area (Å²) in [4.78, 5) is 11.8. The molecule has 1 amide bonds. The summed E-state index contributed by atoms with van der Waals surface area (Å²) in [5.74, 6) is -0.0556. The van der Waals surface area contributed by atoms with Crippen LogP contribution in [0.15, 0.2) is 0 Å². The van der Waals surface area contributed by atoms with E-state index in [2.05, 4.69) is 11.4 Å². The number of carbonyl (C=O) groups is 1. The van der Waals surface area contributed by atoms with Gasteiger partial charge in [0.05, 0.1) is 6.07 Å². The topological polar surface area (TPSA) is 52.9 Å². The lowest BCUT2D eigenvalue weighted by molar-refractivity contribution is -0.132. The molecule has 1 aliphatic rings. The van der Waals surface area contributed by atoms with Crippen molar-refractivity contribution in [1.82, 2.24) is 5.32 Å². The van der Waals surface area contributed by atoms with Crippen molar-refractivity contribution in [2.24, 2.45) is 5.41 Å². The van der Waals surface area contributed by atoms with Crippen molar-refractivity contribution in [2.45, 2.75) is 52.0 Å². The zero-order valence-electron chi connectivity index (χ0n) is 8.97. The molecule has 1 rings (SSSR count). The Kier molecular flexibility index (Phi) is 3.51. The average molecular weight is 194 g/mol. The number of hydrogen-bond donors (Lipinski definition) is 1. The maximum absolute atomic E-state index is 11.8. The Labute approximate surface area is 85.5 Å². The van der Waals surface area contributed by atoms with Crippen LogP contribution in [0.4, 0.5) is 0 Å². The van der Waals surface area contributed by atoms with E-state index in [0.717, 1.165) is 32.1 Å². The van der Waals surface area contributed by atoms with E-state index in [1.54, 1.807) is 0 Å². The summed E-state index contributed by atoms with van der Waals surface area (Å²) >= 11 is 0. The molecule has 0 spiro atoms. The molecule has 0 unspecified atom stereocenters. The van der Waals surface area contributed by atoms with Crippen molar-refractivity contribution in [2.75, 3.05) is 0 Å². The summed E-state index contributed by atoms with van der Waals surface area (Å²) in [5, 5.41) is 11.9. The third-order valence-electron chi connectivity index (χ3n) is 3.18. The molecule has 0 aromatic carbocycles. The molecular formula is C11H18N2O. The van der Waals surface area contributed by atoms with Crippen molar-refractivity contribution in [3.63, 3.8) is 0 Å². The molecule has 1 aliphatic carbocycles. The molecule has 14 heavy (non-hydrogen) atoms. The van der Waals surface area contributed by atoms with Crippen LogP contribution in [0.25, 0.3) is 0 Å². The van der Waals surface area contributed by atoms with Gasteiger partial charge >= 0.3 is 0 Å². The van der Waals surface area contributed by atoms with Crippen LogP contribution in [0.5, 0.6) is 0 Å². The fraction of sp³-hybridized carbons (Fsp3) is 0.818. The minimum absolute atomic E-state index is 0.0556. The lowest BCUT2D eigenvalue weighted by Gasteiger charge is -2.34. The number of amides is 1. The molecule has 1 saturated carbocycles. The van der Waals surface area contributed by atoms with E-state index in [9.17, 15) is 4.79 Å². The quantitative estimate of drug-likeness (QED) is 0.744. The number of nitrogens with one attached hydrogen (secondary N) is 1. The summed E-state index contributed by atoms with van der Waals surface area (Å²) < 4.78 is 0. The largest absolute Gasteiger partial charge is 0.352 e. The minimum Gasteiger partial charge on any atom is -0.352 e. The van der Waals surface area contributed by atoms with Gasteiger partial charge in [0.1, 0.15) is 5.41 Å². The molecule has 0 saturated heterocycles. The highest BCUT2D eigenvalue weighted by atomic mass is 16.2. The second-order valence-electron chi connectivity index (χ2n) is 4.03. The zero-order chi connectivity index (χ0) is 10.6. The molecular weight excluding hydrogens is 176 g/mol. The number of carbonyl (C=O) groups excluding carboxylic acids is 1. The fourth-order valence-electron chi connectivity index (χ4n) is 1.74. The standard InChI is InChI=1S/C11H18N2O/c1-3-9(4-2)13-10(14)11(8-12)6-5-7-11/h9H,3-7H2,1-2H3,(H,13,14). The van der Waals surface area contributed by atoms with Crippen LogP contribution < -0.4 is 5.32 Å². The number of nitrogens with zero attached hydrogens (tertiary/aromatic N) is 1. The van der Waals surface area contributed by atoms with Gasteiger partial charge in [-0.1, -0.05) is 13.8 Å². The summed E-state index contributed by atoms with van der Waals surface area (Å²) in [6.07, 6.45) is 4.34. The van der Waals surface area contributed by atoms with Crippen LogP contribution in [0.3, 0.4) is 0 Å². The van der Waals surface area contributed by atoms with E-state index >= 15 is 0 Å². The van der Waals surface area contributed by atoms with Gasteiger partial charge in [0.2, 0.25) is 5.91 Å². The number of rotatable bonds is 4. The first-order valence-corrected chi connectivity index (χ1v) is 5.40. The highest BCUT2D eigenvalue weighted by Gasteiger charge is 2.44. The molecule has 0 radical (unpaired) electrons. The molecule has 0 aromatic heterocycles. The molecule has 0 atom stereocenters. The van der Waals surface area contributed by atoms with Gasteiger partial charge in [-0.25, -0.2) is 0 Å². The number of hydrogen-bond acceptors (Lipinski definition) is 2. The van der Waals surface area contributed by atoms with Crippen molar-refractivity contribution >= 4 is 5.91 Å². The van der Waals surface area contributed by atoms with Crippen LogP contribution in [-0.2, 0) is 4.79 Å². The Bertz CT molecular complexity index is 247. The third-order valence-corrected chi connectivity index (χ3v) is 3.18. The maximum Gasteiger partial charge on any atom is 0.240 e. The van der Waals surface area contributed by atoms with Gasteiger partial charge < -0.3 is 5.32 Å². The molecule has 1 fully saturated rings. The monoisotopic (exact) mass is 194 g/mol. The van der Waals surface area contributed by atoms with Gasteiger partial charge in [0, 0.05) is 6.04 Å². The molecule has 0 aromatic rings. The molecule has 0 bridgehead atoms. The SMILES string of the molecule is CCC(CC)NC(=O)C1(C#N)CCC1. The van der Waals surface area contributed by atoms with E-state index in [0.29, 0.717) is 0 Å². The molecule has 1 N–H and O–H groups in total. The van der Waals surface area contributed by atoms with Crippen molar-refractivity contribution < 1.29 is 4.79 Å². The summed E-state index contributed by atoms with van der Waals surface area (Å²) in [6.45, 7) is 4.10. The smallest absolute Gasteiger partial charge is 0.240 e. The Morgan fingerprint density at radius 3 is 2.36 bits per heavy atom. The molecule has 0 aliphatic heterocycles. The Morgan fingerprint density at radius 2 is 2.07 bits per heavy atom. The first kappa shape index (κ1) is 11.0. The van der Waals surface area contributed by atoms with Gasteiger partial charge in [-0.15, -0.1) is 0 Å². The molecule has 78 valence electrons. The average Bonchev–Trinajstić information content (AvgIpc) is 2.13. The number of nitriles is 1. The van der Waals surface area contributed by atoms with Crippen LogP contribution >= 0.6 is 0 Å². The Morgan fingerprint density at radius 1 is 1.50 bits per heavy atom. The summed E-state index contributed by atoms with van der Waals surface area (Å²) in [6, 6.07) is 2.39. The summed E-state index contributed by atoms with van der Waals surface area (Å²) in [5.41, 5.74) is -0.692. The van der Waals surface area contributed by atoms with Gasteiger partial charge in [0.25, 0.3) is 0 Å². The lowest BCUT2D eigenvalue weighted by atomic mass is 9.69. The maximum atomic E-state index is 11.8. The van der Waals surface area contributed by atoms with Crippen molar-refractivity contribution in [3.8, 4) is 6.07 Å². The van der Waals surface area contributed by atoms with Gasteiger partial charge in [-0.05, 0) is 32.1 Å². The van der Waals surface area contributed by atoms with Crippen LogP contribution in [0.1, 0.15) is 46.0 Å². The van der Waals surface area contributed by atoms with E-state index in [4.69, 9.17) is 5.26 Å². The van der Waals surface area contributed by atoms with E-state index in [1.165, 1.54) is 0 Å². The zero-order valence-corrected chi connectivity index (χ0v) is 8.97. The predicted octanol–water partition coefficient (Wildman–Crippen LogP) is 1.99. The van der Waals surface area contributed by atoms with Gasteiger partial charge in [-0.2, -0.15) is 5.26 Å². The first-order chi connectivity index (χ1) is 6.68. The highest BCUT2D eigenvalue weighted by Crippen LogP contribution is 2.40. The van der Waals surface area contributed by atoms with Crippen molar-refractivity contribution in [1.29, 1.82) is 5.26 Å². The van der Waals surface area contributed by atoms with Gasteiger partial charge in [0.15, 0.2) is 0 Å². The van der Waals surface area contributed by atoms with E-state index < -0.39 is 5.41 Å². The third kappa shape index (κ3) is 1.89. The van der Waals surface area contributed by atoms with Crippen LogP contribution in [0, 0.1) is 16.7 Å². The first-order valence-electron chi connectivity index (χ1n) is 5.40. The predicted molar refractivity (Wildman–Crippen MR) is 54.4 cm³/mol. The second kappa shape index (κ2) is 4.45. The van der Waals surface area contributed by atoms with Crippen LogP contribution in [-0.4, -0.2) is 11.9 Å². The molecule has 3 nitrogen and oxygen atoms in total. The highest BCUT2D eigenvalue weighted by molar-refractivity contribution is 5.86. The lowest BCUT2D eigenvalue weighted by Crippen LogP contribution is -2.48. The Hall–Kier alpha value is -1.04. The second-order valence-corrected chi connectivity index (χ2v) is 4.03. The van der Waals surface area contributed by atoms with E-state index in [1.807, 2.05) is 13.8 Å². The summed E-state index contributed by atoms with van der Waals surface area (Å²) in [7, 11) is 0. The van der Waals surface area contributed by atoms with Crippen LogP contribution in [0.2, 0.25) is 0 Å². The Balaban J connectivity index is 2.53. The molecule has 3 heteroatoms. The van der Waals surface area contributed by atoms with Gasteiger partial charge in [-0.3, -0.25) is 4.79 Å². The minimum atomic E-state index is -0.692. The fourth-order valence-corrected chi connectivity index (χ4v) is 1.74. The van der Waals surface area contributed by atoms with E-state index in [-0.39, 0.29) is 11.9 Å². The van der Waals surface area contributed by atoms with Crippen molar-refractivity contribution in [3.05, 3.63) is 0 Å².